The average Bonchev–Trinajstić information content (AvgIpc) is 3.16. The molecule has 0 aliphatic carbocycles. The summed E-state index contributed by atoms with van der Waals surface area (Å²) in [4.78, 5) is 17.3. The molecule has 0 saturated carbocycles. The van der Waals surface area contributed by atoms with Crippen LogP contribution in [-0.4, -0.2) is 31.8 Å². The van der Waals surface area contributed by atoms with E-state index in [-0.39, 0.29) is 17.4 Å². The molecule has 3 aromatic rings. The van der Waals surface area contributed by atoms with E-state index in [1.165, 1.54) is 25.6 Å². The maximum Gasteiger partial charge on any atom is 0.421 e. The summed E-state index contributed by atoms with van der Waals surface area (Å²) in [6.45, 7) is 0. The largest absolute Gasteiger partial charge is 0.494 e. The first kappa shape index (κ1) is 19.0. The highest BCUT2D eigenvalue weighted by Crippen LogP contribution is 2.35. The third-order valence-corrected chi connectivity index (χ3v) is 3.51. The van der Waals surface area contributed by atoms with Crippen LogP contribution in [0.15, 0.2) is 36.8 Å². The van der Waals surface area contributed by atoms with Gasteiger partial charge in [0.1, 0.15) is 11.3 Å². The monoisotopic (exact) mass is 398 g/mol. The van der Waals surface area contributed by atoms with Crippen LogP contribution in [0.25, 0.3) is 5.82 Å². The van der Waals surface area contributed by atoms with Gasteiger partial charge in [0.15, 0.2) is 5.82 Å². The number of methoxy groups -OCH3 is 1. The standard InChI is InChI=1S/C15H10F4N6O3/c1-28-12-5-9(16)11(25(26)27)6-10(12)22-14-20-7-8(15(17,18)19)13(23-14)24-4-2-3-21-24/h2-7H,1H3,(H,20,22,23). The van der Waals surface area contributed by atoms with E-state index in [4.69, 9.17) is 4.74 Å². The molecule has 9 nitrogen and oxygen atoms in total. The normalized spacial score (nSPS) is 11.3. The SMILES string of the molecule is COc1cc(F)c([N+](=O)[O-])cc1Nc1ncc(C(F)(F)F)c(-n2cccn2)n1. The molecule has 2 aromatic heterocycles. The summed E-state index contributed by atoms with van der Waals surface area (Å²) in [7, 11) is 1.19. The summed E-state index contributed by atoms with van der Waals surface area (Å²) < 4.78 is 59.2. The van der Waals surface area contributed by atoms with Gasteiger partial charge in [-0.15, -0.1) is 0 Å². The fraction of sp³-hybridized carbons (Fsp3) is 0.133. The van der Waals surface area contributed by atoms with Crippen molar-refractivity contribution in [2.24, 2.45) is 0 Å². The number of rotatable bonds is 5. The van der Waals surface area contributed by atoms with E-state index >= 15 is 0 Å². The molecule has 0 bridgehead atoms. The van der Waals surface area contributed by atoms with E-state index in [0.29, 0.717) is 6.20 Å². The first-order chi connectivity index (χ1) is 13.2. The van der Waals surface area contributed by atoms with Crippen molar-refractivity contribution in [3.05, 3.63) is 58.3 Å². The highest BCUT2D eigenvalue weighted by molar-refractivity contribution is 5.67. The molecule has 0 spiro atoms. The van der Waals surface area contributed by atoms with Crippen LogP contribution in [0.2, 0.25) is 0 Å². The minimum absolute atomic E-state index is 0.109. The number of halogens is 4. The molecular formula is C15H10F4N6O3. The summed E-state index contributed by atoms with van der Waals surface area (Å²) >= 11 is 0. The van der Waals surface area contributed by atoms with Gasteiger partial charge in [0.25, 0.3) is 0 Å². The molecule has 0 amide bonds. The number of nitrogens with one attached hydrogen (secondary N) is 1. The topological polar surface area (TPSA) is 108 Å². The number of benzene rings is 1. The number of alkyl halides is 3. The maximum atomic E-state index is 13.7. The molecule has 3 rings (SSSR count). The van der Waals surface area contributed by atoms with E-state index in [0.717, 1.165) is 16.8 Å². The van der Waals surface area contributed by atoms with Crippen molar-refractivity contribution in [3.8, 4) is 11.6 Å². The van der Waals surface area contributed by atoms with E-state index < -0.39 is 34.0 Å². The van der Waals surface area contributed by atoms with Crippen LogP contribution in [0.4, 0.5) is 34.9 Å². The lowest BCUT2D eigenvalue weighted by molar-refractivity contribution is -0.387. The fourth-order valence-electron chi connectivity index (χ4n) is 2.27. The second-order valence-corrected chi connectivity index (χ2v) is 5.27. The number of aromatic nitrogens is 4. The summed E-state index contributed by atoms with van der Waals surface area (Å²) in [6.07, 6.45) is -1.69. The zero-order valence-corrected chi connectivity index (χ0v) is 13.9. The Morgan fingerprint density at radius 3 is 2.64 bits per heavy atom. The molecule has 28 heavy (non-hydrogen) atoms. The number of hydrogen-bond acceptors (Lipinski definition) is 7. The predicted octanol–water partition coefficient (Wildman–Crippen LogP) is 3.48. The van der Waals surface area contributed by atoms with Crippen LogP contribution in [0, 0.1) is 15.9 Å². The third-order valence-electron chi connectivity index (χ3n) is 3.51. The van der Waals surface area contributed by atoms with Gasteiger partial charge in [0, 0.05) is 30.7 Å². The van der Waals surface area contributed by atoms with Crippen LogP contribution in [0.1, 0.15) is 5.56 Å². The fourth-order valence-corrected chi connectivity index (χ4v) is 2.27. The maximum absolute atomic E-state index is 13.7. The van der Waals surface area contributed by atoms with Gasteiger partial charge in [0.2, 0.25) is 11.8 Å². The van der Waals surface area contributed by atoms with Gasteiger partial charge in [-0.25, -0.2) is 9.67 Å². The minimum Gasteiger partial charge on any atom is -0.494 e. The Morgan fingerprint density at radius 1 is 1.32 bits per heavy atom. The molecule has 0 radical (unpaired) electrons. The Bertz CT molecular complexity index is 1020. The molecule has 0 saturated heterocycles. The molecule has 0 unspecified atom stereocenters. The summed E-state index contributed by atoms with van der Waals surface area (Å²) in [5.41, 5.74) is -2.11. The van der Waals surface area contributed by atoms with Crippen LogP contribution < -0.4 is 10.1 Å². The molecule has 0 aliphatic rings. The highest BCUT2D eigenvalue weighted by atomic mass is 19.4. The van der Waals surface area contributed by atoms with Crippen molar-refractivity contribution >= 4 is 17.3 Å². The van der Waals surface area contributed by atoms with Crippen LogP contribution >= 0.6 is 0 Å². The Morgan fingerprint density at radius 2 is 2.07 bits per heavy atom. The van der Waals surface area contributed by atoms with E-state index in [9.17, 15) is 27.7 Å². The molecule has 0 aliphatic heterocycles. The van der Waals surface area contributed by atoms with Crippen LogP contribution in [0.3, 0.4) is 0 Å². The van der Waals surface area contributed by atoms with Gasteiger partial charge in [-0.1, -0.05) is 0 Å². The zero-order chi connectivity index (χ0) is 20.5. The Kier molecular flexibility index (Phi) is 4.81. The molecular weight excluding hydrogens is 388 g/mol. The van der Waals surface area contributed by atoms with Gasteiger partial charge >= 0.3 is 11.9 Å². The Hall–Kier alpha value is -3.77. The number of anilines is 2. The molecule has 13 heteroatoms. The van der Waals surface area contributed by atoms with Crippen LogP contribution in [0.5, 0.6) is 5.75 Å². The van der Waals surface area contributed by atoms with E-state index in [1.807, 2.05) is 0 Å². The third kappa shape index (κ3) is 3.67. The molecule has 146 valence electrons. The quantitative estimate of drug-likeness (QED) is 0.398. The molecule has 0 atom stereocenters. The average molecular weight is 398 g/mol. The van der Waals surface area contributed by atoms with Crippen molar-refractivity contribution in [2.75, 3.05) is 12.4 Å². The molecule has 1 N–H and O–H groups in total. The van der Waals surface area contributed by atoms with Gasteiger partial charge in [-0.2, -0.15) is 27.6 Å². The lowest BCUT2D eigenvalue weighted by Crippen LogP contribution is -2.15. The second kappa shape index (κ2) is 7.09. The molecule has 1 aromatic carbocycles. The lowest BCUT2D eigenvalue weighted by Gasteiger charge is -2.14. The van der Waals surface area contributed by atoms with Gasteiger partial charge in [-0.3, -0.25) is 10.1 Å². The first-order valence-electron chi connectivity index (χ1n) is 7.44. The van der Waals surface area contributed by atoms with Crippen molar-refractivity contribution in [2.45, 2.75) is 6.18 Å². The summed E-state index contributed by atoms with van der Waals surface area (Å²) in [6, 6.07) is 2.99. The molecule has 2 heterocycles. The van der Waals surface area contributed by atoms with Gasteiger partial charge in [0.05, 0.1) is 17.7 Å². The number of ether oxygens (including phenoxy) is 1. The Labute approximate surface area is 153 Å². The number of hydrogen-bond donors (Lipinski definition) is 1. The number of nitro benzene ring substituents is 1. The smallest absolute Gasteiger partial charge is 0.421 e. The predicted molar refractivity (Wildman–Crippen MR) is 87.0 cm³/mol. The van der Waals surface area contributed by atoms with E-state index in [2.05, 4.69) is 20.4 Å². The lowest BCUT2D eigenvalue weighted by atomic mass is 10.2. The number of nitrogens with zero attached hydrogens (tertiary/aromatic N) is 5. The highest BCUT2D eigenvalue weighted by Gasteiger charge is 2.36. The Balaban J connectivity index is 2.08. The van der Waals surface area contributed by atoms with Crippen molar-refractivity contribution in [1.29, 1.82) is 0 Å². The minimum atomic E-state index is -4.74. The van der Waals surface area contributed by atoms with Crippen molar-refractivity contribution in [1.82, 2.24) is 19.7 Å². The summed E-state index contributed by atoms with van der Waals surface area (Å²) in [5, 5.41) is 17.1. The van der Waals surface area contributed by atoms with Gasteiger partial charge < -0.3 is 10.1 Å². The first-order valence-corrected chi connectivity index (χ1v) is 7.44. The number of nitro groups is 1. The van der Waals surface area contributed by atoms with E-state index in [1.54, 1.807) is 0 Å². The van der Waals surface area contributed by atoms with Crippen LogP contribution in [-0.2, 0) is 6.18 Å². The summed E-state index contributed by atoms with van der Waals surface area (Å²) in [5.74, 6) is -2.17. The van der Waals surface area contributed by atoms with Crippen molar-refractivity contribution < 1.29 is 27.2 Å². The molecule has 0 fully saturated rings. The van der Waals surface area contributed by atoms with Gasteiger partial charge in [-0.05, 0) is 6.07 Å². The van der Waals surface area contributed by atoms with Crippen molar-refractivity contribution in [3.63, 3.8) is 0 Å². The second-order valence-electron chi connectivity index (χ2n) is 5.27. The zero-order valence-electron chi connectivity index (χ0n) is 13.9.